The fourth-order valence-electron chi connectivity index (χ4n) is 3.50. The Morgan fingerprint density at radius 3 is 2.50 bits per heavy atom. The van der Waals surface area contributed by atoms with Gasteiger partial charge in [0.1, 0.15) is 5.82 Å². The van der Waals surface area contributed by atoms with Crippen LogP contribution in [-0.2, 0) is 6.42 Å². The Labute approximate surface area is 142 Å². The fourth-order valence-corrected chi connectivity index (χ4v) is 3.50. The molecule has 0 radical (unpaired) electrons. The third-order valence-corrected chi connectivity index (χ3v) is 4.90. The lowest BCUT2D eigenvalue weighted by atomic mass is 10.2. The highest BCUT2D eigenvalue weighted by molar-refractivity contribution is 5.93. The molecule has 0 bridgehead atoms. The normalized spacial score (nSPS) is 16.4. The zero-order chi connectivity index (χ0) is 16.8. The minimum absolute atomic E-state index is 0.795. The van der Waals surface area contributed by atoms with Gasteiger partial charge >= 0.3 is 0 Å². The Kier molecular flexibility index (Phi) is 3.64. The predicted molar refractivity (Wildman–Crippen MR) is 96.9 cm³/mol. The molecule has 1 aliphatic rings. The largest absolute Gasteiger partial charge is 0.354 e. The molecule has 0 aliphatic carbocycles. The zero-order valence-corrected chi connectivity index (χ0v) is 14.9. The molecule has 0 unspecified atom stereocenters. The van der Waals surface area contributed by atoms with Gasteiger partial charge in [-0.1, -0.05) is 6.92 Å². The van der Waals surface area contributed by atoms with Crippen molar-refractivity contribution in [3.63, 3.8) is 0 Å². The first-order valence-corrected chi connectivity index (χ1v) is 8.67. The zero-order valence-electron chi connectivity index (χ0n) is 14.9. The van der Waals surface area contributed by atoms with Crippen LogP contribution < -0.4 is 4.90 Å². The van der Waals surface area contributed by atoms with Crippen molar-refractivity contribution < 1.29 is 0 Å². The second-order valence-electron chi connectivity index (χ2n) is 6.76. The molecule has 0 saturated carbocycles. The van der Waals surface area contributed by atoms with E-state index in [0.717, 1.165) is 66.5 Å². The predicted octanol–water partition coefficient (Wildman–Crippen LogP) is 2.21. The van der Waals surface area contributed by atoms with Crippen LogP contribution in [0.5, 0.6) is 0 Å². The van der Waals surface area contributed by atoms with Gasteiger partial charge < -0.3 is 9.80 Å². The summed E-state index contributed by atoms with van der Waals surface area (Å²) >= 11 is 0. The lowest BCUT2D eigenvalue weighted by Gasteiger charge is -2.34. The van der Waals surface area contributed by atoms with E-state index in [1.54, 1.807) is 0 Å². The molecular formula is C18H24N6. The van der Waals surface area contributed by atoms with Crippen molar-refractivity contribution in [2.75, 3.05) is 38.1 Å². The van der Waals surface area contributed by atoms with Crippen LogP contribution in [0.2, 0.25) is 0 Å². The van der Waals surface area contributed by atoms with Gasteiger partial charge in [0.15, 0.2) is 11.3 Å². The summed E-state index contributed by atoms with van der Waals surface area (Å²) in [5.41, 5.74) is 5.03. The van der Waals surface area contributed by atoms with Crippen LogP contribution >= 0.6 is 0 Å². The van der Waals surface area contributed by atoms with E-state index in [2.05, 4.69) is 47.8 Å². The van der Waals surface area contributed by atoms with E-state index < -0.39 is 0 Å². The number of aromatic nitrogens is 4. The van der Waals surface area contributed by atoms with Crippen LogP contribution in [0.3, 0.4) is 0 Å². The van der Waals surface area contributed by atoms with Crippen molar-refractivity contribution in [3.05, 3.63) is 29.1 Å². The van der Waals surface area contributed by atoms with Crippen molar-refractivity contribution in [2.24, 2.45) is 0 Å². The van der Waals surface area contributed by atoms with Gasteiger partial charge in [0, 0.05) is 43.6 Å². The minimum Gasteiger partial charge on any atom is -0.354 e. The number of anilines is 1. The number of piperazine rings is 1. The van der Waals surface area contributed by atoms with Gasteiger partial charge in [-0.05, 0) is 38.9 Å². The molecule has 3 aromatic rings. The number of nitrogens with zero attached hydrogens (tertiary/aromatic N) is 6. The van der Waals surface area contributed by atoms with Crippen LogP contribution in [0.1, 0.15) is 23.9 Å². The molecule has 0 spiro atoms. The molecule has 1 aliphatic heterocycles. The highest BCUT2D eigenvalue weighted by atomic mass is 15.4. The number of likely N-dealkylation sites (N-methyl/N-ethyl adjacent to an activating group) is 1. The summed E-state index contributed by atoms with van der Waals surface area (Å²) in [4.78, 5) is 14.3. The van der Waals surface area contributed by atoms with Crippen LogP contribution in [0.15, 0.2) is 12.1 Å². The standard InChI is InChI=1S/C18H24N6/c1-5-14-11-15(23-8-6-22(4)7-9-23)24-18(20-14)16-12(2)10-13(3)19-17(16)21-24/h10-11H,5-9H2,1-4H3. The van der Waals surface area contributed by atoms with Crippen LogP contribution in [0, 0.1) is 13.8 Å². The van der Waals surface area contributed by atoms with Gasteiger partial charge in [-0.25, -0.2) is 9.97 Å². The number of fused-ring (bicyclic) bond motifs is 3. The SMILES string of the molecule is CCc1cc(N2CCN(C)CC2)n2nc3nc(C)cc(C)c3c2n1. The van der Waals surface area contributed by atoms with E-state index in [-0.39, 0.29) is 0 Å². The monoisotopic (exact) mass is 324 g/mol. The summed E-state index contributed by atoms with van der Waals surface area (Å²) in [6.07, 6.45) is 0.919. The quantitative estimate of drug-likeness (QED) is 0.723. The molecule has 24 heavy (non-hydrogen) atoms. The Hall–Kier alpha value is -2.21. The van der Waals surface area contributed by atoms with E-state index in [1.807, 2.05) is 11.4 Å². The third kappa shape index (κ3) is 2.41. The molecular weight excluding hydrogens is 300 g/mol. The molecule has 4 rings (SSSR count). The van der Waals surface area contributed by atoms with Crippen molar-refractivity contribution in [1.29, 1.82) is 0 Å². The first-order chi connectivity index (χ1) is 11.6. The molecule has 6 nitrogen and oxygen atoms in total. The second kappa shape index (κ2) is 5.70. The summed E-state index contributed by atoms with van der Waals surface area (Å²) < 4.78 is 1.99. The van der Waals surface area contributed by atoms with Gasteiger partial charge in [-0.2, -0.15) is 4.52 Å². The topological polar surface area (TPSA) is 49.6 Å². The van der Waals surface area contributed by atoms with Crippen LogP contribution in [-0.4, -0.2) is 57.7 Å². The molecule has 3 aromatic heterocycles. The van der Waals surface area contributed by atoms with E-state index in [0.29, 0.717) is 0 Å². The maximum atomic E-state index is 4.87. The molecule has 0 aromatic carbocycles. The average Bonchev–Trinajstić information content (AvgIpc) is 2.92. The number of hydrogen-bond donors (Lipinski definition) is 0. The van der Waals surface area contributed by atoms with Crippen molar-refractivity contribution >= 4 is 22.5 Å². The minimum atomic E-state index is 0.795. The molecule has 4 heterocycles. The number of aryl methyl sites for hydroxylation is 3. The number of pyridine rings is 1. The molecule has 0 N–H and O–H groups in total. The average molecular weight is 324 g/mol. The number of rotatable bonds is 2. The molecule has 1 saturated heterocycles. The second-order valence-corrected chi connectivity index (χ2v) is 6.76. The fraction of sp³-hybridized carbons (Fsp3) is 0.500. The first-order valence-electron chi connectivity index (χ1n) is 8.67. The Morgan fingerprint density at radius 1 is 1.04 bits per heavy atom. The first kappa shape index (κ1) is 15.3. The summed E-state index contributed by atoms with van der Waals surface area (Å²) in [6.45, 7) is 10.5. The molecule has 1 fully saturated rings. The van der Waals surface area contributed by atoms with Crippen LogP contribution in [0.4, 0.5) is 5.82 Å². The molecule has 0 amide bonds. The van der Waals surface area contributed by atoms with Gasteiger partial charge in [0.05, 0.1) is 5.39 Å². The molecule has 0 atom stereocenters. The Balaban J connectivity index is 1.97. The summed E-state index contributed by atoms with van der Waals surface area (Å²) in [7, 11) is 2.18. The lowest BCUT2D eigenvalue weighted by molar-refractivity contribution is 0.311. The van der Waals surface area contributed by atoms with E-state index >= 15 is 0 Å². The summed E-state index contributed by atoms with van der Waals surface area (Å²) in [5, 5.41) is 5.87. The van der Waals surface area contributed by atoms with Crippen LogP contribution in [0.25, 0.3) is 16.7 Å². The third-order valence-electron chi connectivity index (χ3n) is 4.90. The summed E-state index contributed by atoms with van der Waals surface area (Å²) in [5.74, 6) is 1.14. The van der Waals surface area contributed by atoms with Crippen molar-refractivity contribution in [2.45, 2.75) is 27.2 Å². The number of hydrogen-bond acceptors (Lipinski definition) is 5. The van der Waals surface area contributed by atoms with Gasteiger partial charge in [0.25, 0.3) is 0 Å². The van der Waals surface area contributed by atoms with Gasteiger partial charge in [-0.15, -0.1) is 5.10 Å². The Morgan fingerprint density at radius 2 is 1.79 bits per heavy atom. The van der Waals surface area contributed by atoms with Gasteiger partial charge in [-0.3, -0.25) is 0 Å². The summed E-state index contributed by atoms with van der Waals surface area (Å²) in [6, 6.07) is 4.30. The van der Waals surface area contributed by atoms with Gasteiger partial charge in [0.2, 0.25) is 0 Å². The smallest absolute Gasteiger partial charge is 0.184 e. The highest BCUT2D eigenvalue weighted by Crippen LogP contribution is 2.27. The van der Waals surface area contributed by atoms with E-state index in [1.165, 1.54) is 5.56 Å². The van der Waals surface area contributed by atoms with Crippen molar-refractivity contribution in [1.82, 2.24) is 24.5 Å². The maximum absolute atomic E-state index is 4.87. The maximum Gasteiger partial charge on any atom is 0.184 e. The molecule has 6 heteroatoms. The van der Waals surface area contributed by atoms with E-state index in [9.17, 15) is 0 Å². The van der Waals surface area contributed by atoms with Crippen molar-refractivity contribution in [3.8, 4) is 0 Å². The lowest BCUT2D eigenvalue weighted by Crippen LogP contribution is -2.45. The molecule has 126 valence electrons. The Bertz CT molecular complexity index is 905. The highest BCUT2D eigenvalue weighted by Gasteiger charge is 2.21. The van der Waals surface area contributed by atoms with E-state index in [4.69, 9.17) is 10.1 Å².